The lowest BCUT2D eigenvalue weighted by molar-refractivity contribution is -0.137. The van der Waals surface area contributed by atoms with E-state index in [2.05, 4.69) is 10.0 Å². The van der Waals surface area contributed by atoms with Crippen molar-refractivity contribution in [3.05, 3.63) is 35.4 Å². The maximum absolute atomic E-state index is 12.6. The smallest absolute Gasteiger partial charge is 0.355 e. The van der Waals surface area contributed by atoms with Gasteiger partial charge in [-0.2, -0.15) is 13.2 Å². The van der Waals surface area contributed by atoms with Gasteiger partial charge >= 0.3 is 6.18 Å². The van der Waals surface area contributed by atoms with Gasteiger partial charge in [-0.15, -0.1) is 0 Å². The molecular weight excluding hydrogens is 321 g/mol. The van der Waals surface area contributed by atoms with Gasteiger partial charge in [0.15, 0.2) is 0 Å². The quantitative estimate of drug-likeness (QED) is 0.873. The molecule has 2 N–H and O–H groups in total. The Morgan fingerprint density at radius 2 is 2.05 bits per heavy atom. The van der Waals surface area contributed by atoms with Crippen molar-refractivity contribution in [3.63, 3.8) is 0 Å². The summed E-state index contributed by atoms with van der Waals surface area (Å²) in [5.41, 5.74) is -0.827. The van der Waals surface area contributed by atoms with Crippen LogP contribution in [0.5, 0.6) is 0 Å². The normalized spacial score (nSPS) is 19.8. The van der Waals surface area contributed by atoms with Crippen molar-refractivity contribution in [1.82, 2.24) is 10.0 Å². The van der Waals surface area contributed by atoms with E-state index in [0.29, 0.717) is 6.42 Å². The second-order valence-electron chi connectivity index (χ2n) is 5.11. The molecule has 0 aromatic heterocycles. The Morgan fingerprint density at radius 3 is 2.64 bits per heavy atom. The van der Waals surface area contributed by atoms with Crippen LogP contribution in [0.25, 0.3) is 0 Å². The minimum atomic E-state index is -4.51. The van der Waals surface area contributed by atoms with E-state index in [1.54, 1.807) is 0 Å². The molecule has 2 rings (SSSR count). The zero-order chi connectivity index (χ0) is 16.4. The Labute approximate surface area is 125 Å². The number of piperidine rings is 1. The molecule has 0 bridgehead atoms. The highest BCUT2D eigenvalue weighted by Crippen LogP contribution is 2.29. The summed E-state index contributed by atoms with van der Waals surface area (Å²) in [7, 11) is -3.78. The largest absolute Gasteiger partial charge is 0.416 e. The van der Waals surface area contributed by atoms with Gasteiger partial charge in [-0.25, -0.2) is 13.1 Å². The van der Waals surface area contributed by atoms with Crippen LogP contribution in [-0.4, -0.2) is 26.9 Å². The van der Waals surface area contributed by atoms with Gasteiger partial charge in [0.2, 0.25) is 15.9 Å². The Hall–Kier alpha value is -1.61. The van der Waals surface area contributed by atoms with Gasteiger partial charge in [0.25, 0.3) is 0 Å². The molecule has 0 spiro atoms. The van der Waals surface area contributed by atoms with Gasteiger partial charge in [-0.1, -0.05) is 18.2 Å². The average Bonchev–Trinajstić information content (AvgIpc) is 2.40. The van der Waals surface area contributed by atoms with Crippen molar-refractivity contribution >= 4 is 15.9 Å². The molecule has 1 saturated heterocycles. The number of nitrogens with one attached hydrogen (secondary N) is 2. The van der Waals surface area contributed by atoms with Crippen LogP contribution < -0.4 is 10.0 Å². The van der Waals surface area contributed by atoms with E-state index >= 15 is 0 Å². The summed E-state index contributed by atoms with van der Waals surface area (Å²) in [5.74, 6) is -0.685. The number of benzene rings is 1. The highest BCUT2D eigenvalue weighted by atomic mass is 32.2. The number of alkyl halides is 3. The zero-order valence-electron chi connectivity index (χ0n) is 11.5. The van der Waals surface area contributed by atoms with Crippen molar-refractivity contribution in [1.29, 1.82) is 0 Å². The van der Waals surface area contributed by atoms with Crippen LogP contribution in [-0.2, 0) is 26.7 Å². The van der Waals surface area contributed by atoms with Crippen molar-refractivity contribution in [3.8, 4) is 0 Å². The summed E-state index contributed by atoms with van der Waals surface area (Å²) >= 11 is 0. The number of rotatable bonds is 4. The Balaban J connectivity index is 2.04. The number of carbonyl (C=O) groups is 1. The van der Waals surface area contributed by atoms with Gasteiger partial charge in [-0.3, -0.25) is 4.79 Å². The molecule has 5 nitrogen and oxygen atoms in total. The van der Waals surface area contributed by atoms with E-state index in [9.17, 15) is 26.4 Å². The third kappa shape index (κ3) is 4.70. The molecule has 1 heterocycles. The molecular formula is C13H15F3N2O3S. The Kier molecular flexibility index (Phi) is 4.76. The van der Waals surface area contributed by atoms with Crippen molar-refractivity contribution < 1.29 is 26.4 Å². The summed E-state index contributed by atoms with van der Waals surface area (Å²) in [5, 5.41) is 2.53. The Morgan fingerprint density at radius 1 is 1.32 bits per heavy atom. The first kappa shape index (κ1) is 16.8. The van der Waals surface area contributed by atoms with Crippen LogP contribution in [0.1, 0.15) is 24.0 Å². The molecule has 1 aliphatic heterocycles. The number of amides is 1. The van der Waals surface area contributed by atoms with Gasteiger partial charge in [0, 0.05) is 19.0 Å². The van der Waals surface area contributed by atoms with Crippen molar-refractivity contribution in [2.45, 2.75) is 30.8 Å². The predicted molar refractivity (Wildman–Crippen MR) is 73.2 cm³/mol. The lowest BCUT2D eigenvalue weighted by Crippen LogP contribution is -2.47. The number of hydrogen-bond donors (Lipinski definition) is 2. The first-order chi connectivity index (χ1) is 10.2. The minimum Gasteiger partial charge on any atom is -0.355 e. The molecule has 22 heavy (non-hydrogen) atoms. The molecule has 0 aliphatic carbocycles. The van der Waals surface area contributed by atoms with Crippen LogP contribution in [0, 0.1) is 0 Å². The monoisotopic (exact) mass is 336 g/mol. The summed E-state index contributed by atoms with van der Waals surface area (Å²) in [4.78, 5) is 11.0. The van der Waals surface area contributed by atoms with E-state index in [0.717, 1.165) is 12.1 Å². The molecule has 122 valence electrons. The number of sulfonamides is 1. The fourth-order valence-corrected chi connectivity index (χ4v) is 3.60. The first-order valence-electron chi connectivity index (χ1n) is 6.58. The maximum atomic E-state index is 12.6. The van der Waals surface area contributed by atoms with Crippen LogP contribution in [0.3, 0.4) is 0 Å². The summed E-state index contributed by atoms with van der Waals surface area (Å²) < 4.78 is 64.2. The SMILES string of the molecule is O=C1CC[C@H](NS(=O)(=O)Cc2cccc(C(F)(F)F)c2)CN1. The molecule has 0 radical (unpaired) electrons. The molecule has 0 unspecified atom stereocenters. The van der Waals surface area contributed by atoms with Crippen LogP contribution in [0.2, 0.25) is 0 Å². The first-order valence-corrected chi connectivity index (χ1v) is 8.24. The second kappa shape index (κ2) is 6.25. The average molecular weight is 336 g/mol. The standard InChI is InChI=1S/C13H15F3N2O3S/c14-13(15,16)10-3-1-2-9(6-10)8-22(20,21)18-11-4-5-12(19)17-7-11/h1-3,6,11,18H,4-5,7-8H2,(H,17,19)/t11-/m0/s1. The summed E-state index contributed by atoms with van der Waals surface area (Å²) in [6.07, 6.45) is -3.93. The second-order valence-corrected chi connectivity index (χ2v) is 6.87. The topological polar surface area (TPSA) is 75.3 Å². The van der Waals surface area contributed by atoms with Gasteiger partial charge in [0.1, 0.15) is 0 Å². The fraction of sp³-hybridized carbons (Fsp3) is 0.462. The number of carbonyl (C=O) groups excluding carboxylic acids is 1. The summed E-state index contributed by atoms with van der Waals surface area (Å²) in [6.45, 7) is 0.181. The van der Waals surface area contributed by atoms with Crippen LogP contribution in [0.15, 0.2) is 24.3 Å². The lowest BCUT2D eigenvalue weighted by Gasteiger charge is -2.23. The predicted octanol–water partition coefficient (Wildman–Crippen LogP) is 1.40. The van der Waals surface area contributed by atoms with E-state index in [4.69, 9.17) is 0 Å². The number of halogens is 3. The molecule has 1 aliphatic rings. The molecule has 1 atom stereocenters. The third-order valence-corrected chi connectivity index (χ3v) is 4.63. The molecule has 1 amide bonds. The van der Waals surface area contributed by atoms with E-state index in [1.165, 1.54) is 12.1 Å². The highest BCUT2D eigenvalue weighted by molar-refractivity contribution is 7.88. The molecule has 1 aromatic carbocycles. The summed E-state index contributed by atoms with van der Waals surface area (Å²) in [6, 6.07) is 3.78. The van der Waals surface area contributed by atoms with Gasteiger partial charge in [-0.05, 0) is 18.1 Å². The zero-order valence-corrected chi connectivity index (χ0v) is 12.3. The molecule has 9 heteroatoms. The third-order valence-electron chi connectivity index (χ3n) is 3.22. The minimum absolute atomic E-state index is 0.0576. The van der Waals surface area contributed by atoms with E-state index in [1.807, 2.05) is 0 Å². The Bertz CT molecular complexity index is 649. The van der Waals surface area contributed by atoms with E-state index < -0.39 is 33.6 Å². The van der Waals surface area contributed by atoms with Gasteiger partial charge < -0.3 is 5.32 Å². The van der Waals surface area contributed by atoms with Crippen LogP contribution >= 0.6 is 0 Å². The number of hydrogen-bond acceptors (Lipinski definition) is 3. The fourth-order valence-electron chi connectivity index (χ4n) is 2.19. The van der Waals surface area contributed by atoms with E-state index in [-0.39, 0.29) is 24.4 Å². The molecule has 1 aromatic rings. The van der Waals surface area contributed by atoms with Crippen LogP contribution in [0.4, 0.5) is 13.2 Å². The maximum Gasteiger partial charge on any atom is 0.416 e. The highest BCUT2D eigenvalue weighted by Gasteiger charge is 2.31. The van der Waals surface area contributed by atoms with Crippen molar-refractivity contribution in [2.75, 3.05) is 6.54 Å². The lowest BCUT2D eigenvalue weighted by atomic mass is 10.1. The van der Waals surface area contributed by atoms with Crippen molar-refractivity contribution in [2.24, 2.45) is 0 Å². The molecule has 0 saturated carbocycles. The molecule has 1 fully saturated rings. The van der Waals surface area contributed by atoms with Gasteiger partial charge in [0.05, 0.1) is 11.3 Å².